The summed E-state index contributed by atoms with van der Waals surface area (Å²) in [5, 5.41) is 0. The van der Waals surface area contributed by atoms with E-state index in [9.17, 15) is 8.42 Å². The van der Waals surface area contributed by atoms with E-state index in [0.29, 0.717) is 0 Å². The molecular weight excluding hydrogens is 246 g/mol. The molecule has 0 aromatic heterocycles. The zero-order valence-electron chi connectivity index (χ0n) is 10.9. The van der Waals surface area contributed by atoms with Crippen LogP contribution in [0.5, 0.6) is 0 Å². The lowest BCUT2D eigenvalue weighted by atomic mass is 9.96. The number of nitrogens with one attached hydrogen (secondary N) is 1. The van der Waals surface area contributed by atoms with E-state index < -0.39 is 10.0 Å². The Bertz CT molecular complexity index is 473. The molecule has 1 fully saturated rings. The maximum absolute atomic E-state index is 12.0. The molecule has 18 heavy (non-hydrogen) atoms. The van der Waals surface area contributed by atoms with Crippen molar-refractivity contribution < 1.29 is 8.42 Å². The van der Waals surface area contributed by atoms with Gasteiger partial charge in [0.15, 0.2) is 0 Å². The zero-order chi connectivity index (χ0) is 13.0. The van der Waals surface area contributed by atoms with E-state index in [2.05, 4.69) is 4.72 Å². The first-order valence-corrected chi connectivity index (χ1v) is 8.26. The smallest absolute Gasteiger partial charge is 0.212 e. The van der Waals surface area contributed by atoms with E-state index in [0.717, 1.165) is 36.8 Å². The first kappa shape index (κ1) is 13.6. The van der Waals surface area contributed by atoms with Gasteiger partial charge >= 0.3 is 0 Å². The minimum atomic E-state index is -3.20. The first-order chi connectivity index (χ1) is 8.55. The zero-order valence-corrected chi connectivity index (χ0v) is 11.7. The number of hydrogen-bond donors (Lipinski definition) is 1. The Kier molecular flexibility index (Phi) is 4.40. The van der Waals surface area contributed by atoms with Crippen molar-refractivity contribution in [3.63, 3.8) is 0 Å². The molecule has 1 aliphatic carbocycles. The highest BCUT2D eigenvalue weighted by atomic mass is 32.2. The Morgan fingerprint density at radius 2 is 1.72 bits per heavy atom. The second kappa shape index (κ2) is 5.85. The Hall–Kier alpha value is -0.870. The van der Waals surface area contributed by atoms with Gasteiger partial charge in [0, 0.05) is 6.04 Å². The van der Waals surface area contributed by atoms with Gasteiger partial charge in [0.2, 0.25) is 10.0 Å². The van der Waals surface area contributed by atoms with Crippen LogP contribution >= 0.6 is 0 Å². The summed E-state index contributed by atoms with van der Waals surface area (Å²) in [6, 6.07) is 7.82. The van der Waals surface area contributed by atoms with E-state index in [-0.39, 0.29) is 11.8 Å². The monoisotopic (exact) mass is 267 g/mol. The van der Waals surface area contributed by atoms with Crippen molar-refractivity contribution in [2.75, 3.05) is 0 Å². The molecule has 0 amide bonds. The van der Waals surface area contributed by atoms with E-state index in [1.54, 1.807) is 0 Å². The Balaban J connectivity index is 1.96. The summed E-state index contributed by atoms with van der Waals surface area (Å²) in [6.07, 6.45) is 5.46. The fraction of sp³-hybridized carbons (Fsp3) is 0.571. The highest BCUT2D eigenvalue weighted by Gasteiger charge is 2.20. The van der Waals surface area contributed by atoms with Gasteiger partial charge < -0.3 is 0 Å². The Morgan fingerprint density at radius 3 is 2.33 bits per heavy atom. The molecule has 0 spiro atoms. The van der Waals surface area contributed by atoms with Crippen LogP contribution in [0.4, 0.5) is 0 Å². The normalized spacial score (nSPS) is 17.8. The van der Waals surface area contributed by atoms with Crippen molar-refractivity contribution in [3.05, 3.63) is 35.4 Å². The van der Waals surface area contributed by atoms with Gasteiger partial charge in [-0.05, 0) is 25.3 Å². The maximum atomic E-state index is 12.0. The average Bonchev–Trinajstić information content (AvgIpc) is 2.32. The summed E-state index contributed by atoms with van der Waals surface area (Å²) >= 11 is 0. The number of sulfonamides is 1. The summed E-state index contributed by atoms with van der Waals surface area (Å²) < 4.78 is 26.9. The molecular formula is C14H21NO2S. The first-order valence-electron chi connectivity index (χ1n) is 6.61. The lowest BCUT2D eigenvalue weighted by molar-refractivity contribution is 0.412. The molecule has 0 bridgehead atoms. The second-order valence-electron chi connectivity index (χ2n) is 5.20. The third kappa shape index (κ3) is 4.10. The fourth-order valence-electron chi connectivity index (χ4n) is 2.42. The Labute approximate surface area is 110 Å². The standard InChI is InChI=1S/C14H21NO2S/c1-12-7-9-13(10-8-12)11-18(16,17)15-14-5-3-2-4-6-14/h7-10,14-15H,2-6,11H2,1H3. The molecule has 0 heterocycles. The lowest BCUT2D eigenvalue weighted by Crippen LogP contribution is -2.36. The molecule has 1 saturated carbocycles. The van der Waals surface area contributed by atoms with Crippen molar-refractivity contribution in [1.82, 2.24) is 4.72 Å². The van der Waals surface area contributed by atoms with Gasteiger partial charge in [-0.2, -0.15) is 0 Å². The predicted octanol–water partition coefficient (Wildman–Crippen LogP) is 2.75. The molecule has 1 aliphatic rings. The fourth-order valence-corrected chi connectivity index (χ4v) is 3.88. The molecule has 1 N–H and O–H groups in total. The van der Waals surface area contributed by atoms with E-state index >= 15 is 0 Å². The van der Waals surface area contributed by atoms with Crippen LogP contribution in [-0.2, 0) is 15.8 Å². The number of aryl methyl sites for hydroxylation is 1. The highest BCUT2D eigenvalue weighted by molar-refractivity contribution is 7.88. The molecule has 3 nitrogen and oxygen atoms in total. The molecule has 2 rings (SSSR count). The third-order valence-corrected chi connectivity index (χ3v) is 4.83. The van der Waals surface area contributed by atoms with Crippen molar-refractivity contribution in [2.24, 2.45) is 0 Å². The van der Waals surface area contributed by atoms with E-state index in [4.69, 9.17) is 0 Å². The quantitative estimate of drug-likeness (QED) is 0.911. The minimum absolute atomic E-state index is 0.0871. The van der Waals surface area contributed by atoms with Crippen LogP contribution < -0.4 is 4.72 Å². The molecule has 4 heteroatoms. The summed E-state index contributed by atoms with van der Waals surface area (Å²) in [5.41, 5.74) is 2.00. The second-order valence-corrected chi connectivity index (χ2v) is 6.95. The maximum Gasteiger partial charge on any atom is 0.216 e. The number of hydrogen-bond acceptors (Lipinski definition) is 2. The van der Waals surface area contributed by atoms with Gasteiger partial charge in [0.1, 0.15) is 0 Å². The van der Waals surface area contributed by atoms with Crippen molar-refractivity contribution in [3.8, 4) is 0 Å². The van der Waals surface area contributed by atoms with Gasteiger partial charge in [-0.15, -0.1) is 0 Å². The molecule has 0 radical (unpaired) electrons. The van der Waals surface area contributed by atoms with E-state index in [1.165, 1.54) is 6.42 Å². The minimum Gasteiger partial charge on any atom is -0.212 e. The van der Waals surface area contributed by atoms with Crippen LogP contribution in [0.2, 0.25) is 0 Å². The summed E-state index contributed by atoms with van der Waals surface area (Å²) in [4.78, 5) is 0. The largest absolute Gasteiger partial charge is 0.216 e. The van der Waals surface area contributed by atoms with E-state index in [1.807, 2.05) is 31.2 Å². The molecule has 1 aromatic rings. The van der Waals surface area contributed by atoms with Gasteiger partial charge in [-0.25, -0.2) is 13.1 Å². The van der Waals surface area contributed by atoms with Crippen molar-refractivity contribution >= 4 is 10.0 Å². The van der Waals surface area contributed by atoms with Gasteiger partial charge in [0.05, 0.1) is 5.75 Å². The molecule has 1 aromatic carbocycles. The molecule has 0 atom stereocenters. The summed E-state index contributed by atoms with van der Waals surface area (Å²) in [7, 11) is -3.20. The van der Waals surface area contributed by atoms with Crippen LogP contribution in [-0.4, -0.2) is 14.5 Å². The topological polar surface area (TPSA) is 46.2 Å². The summed E-state index contributed by atoms with van der Waals surface area (Å²) in [6.45, 7) is 2.00. The van der Waals surface area contributed by atoms with Gasteiger partial charge in [-0.3, -0.25) is 0 Å². The van der Waals surface area contributed by atoms with Crippen LogP contribution in [0.25, 0.3) is 0 Å². The predicted molar refractivity (Wildman–Crippen MR) is 73.8 cm³/mol. The third-order valence-electron chi connectivity index (χ3n) is 3.43. The molecule has 0 aliphatic heterocycles. The lowest BCUT2D eigenvalue weighted by Gasteiger charge is -2.22. The van der Waals surface area contributed by atoms with Crippen molar-refractivity contribution in [2.45, 2.75) is 50.8 Å². The van der Waals surface area contributed by atoms with Crippen LogP contribution in [0, 0.1) is 6.92 Å². The van der Waals surface area contributed by atoms with Gasteiger partial charge in [0.25, 0.3) is 0 Å². The molecule has 0 unspecified atom stereocenters. The van der Waals surface area contributed by atoms with Crippen molar-refractivity contribution in [1.29, 1.82) is 0 Å². The summed E-state index contributed by atoms with van der Waals surface area (Å²) in [5.74, 6) is 0.0871. The van der Waals surface area contributed by atoms with Gasteiger partial charge in [-0.1, -0.05) is 49.1 Å². The highest BCUT2D eigenvalue weighted by Crippen LogP contribution is 2.18. The molecule has 0 saturated heterocycles. The van der Waals surface area contributed by atoms with Crippen LogP contribution in [0.1, 0.15) is 43.2 Å². The molecule has 100 valence electrons. The number of benzene rings is 1. The Morgan fingerprint density at radius 1 is 1.11 bits per heavy atom. The van der Waals surface area contributed by atoms with Crippen LogP contribution in [0.3, 0.4) is 0 Å². The average molecular weight is 267 g/mol. The SMILES string of the molecule is Cc1ccc(CS(=O)(=O)NC2CCCCC2)cc1. The number of rotatable bonds is 4. The van der Waals surface area contributed by atoms with Crippen LogP contribution in [0.15, 0.2) is 24.3 Å².